The number of nitrogens with one attached hydrogen (secondary N) is 2. The first-order valence-electron chi connectivity index (χ1n) is 14.8. The smallest absolute Gasteiger partial charge is 0.408 e. The van der Waals surface area contributed by atoms with Gasteiger partial charge in [-0.3, -0.25) is 14.3 Å². The van der Waals surface area contributed by atoms with E-state index in [0.29, 0.717) is 28.2 Å². The number of aryl methyl sites for hydroxylation is 1. The molecule has 1 fully saturated rings. The van der Waals surface area contributed by atoms with Crippen LogP contribution in [0.3, 0.4) is 0 Å². The molecule has 4 aromatic rings. The number of nitrogens with zero attached hydrogens (tertiary/aromatic N) is 5. The number of anilines is 1. The van der Waals surface area contributed by atoms with Crippen LogP contribution in [0, 0.1) is 17.0 Å². The molecular formula is C31H33F2N7O4S2. The molecule has 0 unspecified atom stereocenters. The minimum atomic E-state index is -0.699. The lowest BCUT2D eigenvalue weighted by atomic mass is 9.82. The molecule has 0 saturated heterocycles. The minimum Gasteiger partial charge on any atom is -0.448 e. The van der Waals surface area contributed by atoms with Crippen LogP contribution in [0.25, 0.3) is 10.8 Å². The van der Waals surface area contributed by atoms with Crippen LogP contribution >= 0.6 is 21.6 Å². The Hall–Kier alpha value is -3.98. The highest BCUT2D eigenvalue weighted by atomic mass is 33.1. The predicted octanol–water partition coefficient (Wildman–Crippen LogP) is 5.58. The number of hydrogen-bond donors (Lipinski definition) is 2. The zero-order chi connectivity index (χ0) is 32.8. The number of carbonyl (C=O) groups excluding carboxylic acids is 2. The van der Waals surface area contributed by atoms with Crippen molar-refractivity contribution in [2.24, 2.45) is 12.5 Å². The molecule has 0 radical (unpaired) electrons. The van der Waals surface area contributed by atoms with Gasteiger partial charge in [-0.15, -0.1) is 0 Å². The molecule has 2 aromatic carbocycles. The molecule has 0 spiro atoms. The van der Waals surface area contributed by atoms with Crippen LogP contribution < -0.4 is 15.8 Å². The quantitative estimate of drug-likeness (QED) is 0.229. The first-order chi connectivity index (χ1) is 21.9. The minimum absolute atomic E-state index is 0.0534. The monoisotopic (exact) mass is 669 g/mol. The largest absolute Gasteiger partial charge is 0.448 e. The summed E-state index contributed by atoms with van der Waals surface area (Å²) in [5, 5.41) is 14.5. The van der Waals surface area contributed by atoms with Crippen molar-refractivity contribution in [3.05, 3.63) is 81.8 Å². The summed E-state index contributed by atoms with van der Waals surface area (Å²) < 4.78 is 36.1. The van der Waals surface area contributed by atoms with Crippen LogP contribution in [0.5, 0.6) is 0 Å². The van der Waals surface area contributed by atoms with E-state index >= 15 is 4.39 Å². The number of benzene rings is 2. The van der Waals surface area contributed by atoms with Gasteiger partial charge in [0.1, 0.15) is 30.4 Å². The first kappa shape index (κ1) is 32.0. The molecule has 242 valence electrons. The van der Waals surface area contributed by atoms with Crippen molar-refractivity contribution < 1.29 is 23.1 Å². The summed E-state index contributed by atoms with van der Waals surface area (Å²) in [7, 11) is 4.36. The van der Waals surface area contributed by atoms with Crippen LogP contribution in [0.2, 0.25) is 0 Å². The van der Waals surface area contributed by atoms with Crippen LogP contribution in [-0.4, -0.2) is 54.2 Å². The zero-order valence-electron chi connectivity index (χ0n) is 25.7. The lowest BCUT2D eigenvalue weighted by Crippen LogP contribution is -2.46. The molecule has 0 bridgehead atoms. The highest BCUT2D eigenvalue weighted by Crippen LogP contribution is 2.52. The SMILES string of the molecule is Cn1ncnc1[C@H]1c2n[nH]c(=O)c3cc(F)cc(c23)N(CNC(=O)OCC2(SSC(=O)C(C)(C)C)CCC2)[C@@H]1c1ccc(F)cc1. The van der Waals surface area contributed by atoms with Crippen molar-refractivity contribution in [2.45, 2.75) is 56.7 Å². The number of hydrogen-bond acceptors (Lipinski definition) is 10. The number of halogens is 2. The fourth-order valence-corrected chi connectivity index (χ4v) is 8.95. The lowest BCUT2D eigenvalue weighted by Gasteiger charge is -2.42. The number of amides is 1. The summed E-state index contributed by atoms with van der Waals surface area (Å²) >= 11 is 0. The van der Waals surface area contributed by atoms with E-state index < -0.39 is 40.7 Å². The van der Waals surface area contributed by atoms with Gasteiger partial charge in [0.2, 0.25) is 5.12 Å². The average Bonchev–Trinajstić information content (AvgIpc) is 3.41. The van der Waals surface area contributed by atoms with Crippen LogP contribution in [-0.2, 0) is 16.6 Å². The number of aromatic amines is 1. The number of ether oxygens (including phenoxy) is 1. The van der Waals surface area contributed by atoms with E-state index in [1.807, 2.05) is 20.8 Å². The van der Waals surface area contributed by atoms with E-state index in [1.165, 1.54) is 46.1 Å². The number of aromatic nitrogens is 5. The summed E-state index contributed by atoms with van der Waals surface area (Å²) in [6.07, 6.45) is 3.29. The van der Waals surface area contributed by atoms with Gasteiger partial charge in [-0.25, -0.2) is 23.7 Å². The van der Waals surface area contributed by atoms with E-state index in [2.05, 4.69) is 25.6 Å². The van der Waals surface area contributed by atoms with Gasteiger partial charge in [0.05, 0.1) is 40.1 Å². The highest BCUT2D eigenvalue weighted by molar-refractivity contribution is 8.82. The van der Waals surface area contributed by atoms with Crippen LogP contribution in [0.4, 0.5) is 19.3 Å². The van der Waals surface area contributed by atoms with E-state index in [9.17, 15) is 18.8 Å². The maximum atomic E-state index is 15.1. The molecule has 1 amide bonds. The van der Waals surface area contributed by atoms with Crippen LogP contribution in [0.15, 0.2) is 47.5 Å². The molecule has 6 rings (SSSR count). The molecule has 2 aliphatic rings. The molecule has 2 N–H and O–H groups in total. The number of H-pyrrole nitrogens is 1. The normalized spacial score (nSPS) is 18.7. The van der Waals surface area contributed by atoms with Gasteiger partial charge in [-0.1, -0.05) is 50.1 Å². The molecular weight excluding hydrogens is 637 g/mol. The standard InChI is InChI=1S/C31H33F2N7O4S2/c1-30(2,3)28(42)45-46-31(10-5-11-31)14-44-29(43)35-16-40-21-13-19(33)12-20-22(21)24(37-38-27(20)41)23(26-34-15-36-39(26)4)25(40)17-6-8-18(32)9-7-17/h6-9,12-13,15,23,25H,5,10-11,14,16H2,1-4H3,(H,35,43)(H,38,41)/t23-,25+/m0/s1. The second-order valence-corrected chi connectivity index (χ2v) is 15.2. The Balaban J connectivity index is 1.33. The summed E-state index contributed by atoms with van der Waals surface area (Å²) in [5.41, 5.74) is 0.321. The van der Waals surface area contributed by atoms with Crippen molar-refractivity contribution in [1.82, 2.24) is 30.3 Å². The van der Waals surface area contributed by atoms with Crippen molar-refractivity contribution in [3.63, 3.8) is 0 Å². The van der Waals surface area contributed by atoms with Crippen molar-refractivity contribution >= 4 is 49.3 Å². The zero-order valence-corrected chi connectivity index (χ0v) is 27.3. The Labute approximate surface area is 271 Å². The maximum Gasteiger partial charge on any atom is 0.408 e. The second kappa shape index (κ2) is 12.3. The summed E-state index contributed by atoms with van der Waals surface area (Å²) in [6, 6.07) is 7.59. The van der Waals surface area contributed by atoms with Crippen LogP contribution in [0.1, 0.15) is 69.1 Å². The molecule has 1 aliphatic carbocycles. The molecule has 2 atom stereocenters. The van der Waals surface area contributed by atoms with Crippen molar-refractivity contribution in [1.29, 1.82) is 0 Å². The van der Waals surface area contributed by atoms with Gasteiger partial charge < -0.3 is 15.0 Å². The van der Waals surface area contributed by atoms with Crippen molar-refractivity contribution in [2.75, 3.05) is 18.2 Å². The average molecular weight is 670 g/mol. The Morgan fingerprint density at radius 2 is 1.89 bits per heavy atom. The number of rotatable bonds is 8. The van der Waals surface area contributed by atoms with Gasteiger partial charge >= 0.3 is 6.09 Å². The Morgan fingerprint density at radius 3 is 2.52 bits per heavy atom. The lowest BCUT2D eigenvalue weighted by molar-refractivity contribution is -0.117. The van der Waals surface area contributed by atoms with Gasteiger partial charge in [-0.2, -0.15) is 10.2 Å². The molecule has 1 aliphatic heterocycles. The Morgan fingerprint density at radius 1 is 1.15 bits per heavy atom. The van der Waals surface area contributed by atoms with Gasteiger partial charge in [0.25, 0.3) is 5.56 Å². The molecule has 1 saturated carbocycles. The van der Waals surface area contributed by atoms with E-state index in [4.69, 9.17) is 4.74 Å². The number of alkyl carbamates (subject to hydrolysis) is 1. The van der Waals surface area contributed by atoms with Gasteiger partial charge in [0.15, 0.2) is 0 Å². The van der Waals surface area contributed by atoms with Gasteiger partial charge in [-0.05, 0) is 53.5 Å². The van der Waals surface area contributed by atoms with Gasteiger partial charge in [0, 0.05) is 17.8 Å². The summed E-state index contributed by atoms with van der Waals surface area (Å²) in [6.45, 7) is 5.56. The van der Waals surface area contributed by atoms with E-state index in [-0.39, 0.29) is 28.5 Å². The Bertz CT molecular complexity index is 1850. The third kappa shape index (κ3) is 6.09. The first-order valence-corrected chi connectivity index (χ1v) is 16.9. The Kier molecular flexibility index (Phi) is 8.57. The third-order valence-electron chi connectivity index (χ3n) is 8.38. The van der Waals surface area contributed by atoms with E-state index in [1.54, 1.807) is 28.8 Å². The topological polar surface area (TPSA) is 135 Å². The fourth-order valence-electron chi connectivity index (χ4n) is 5.74. The summed E-state index contributed by atoms with van der Waals surface area (Å²) in [4.78, 5) is 44.8. The summed E-state index contributed by atoms with van der Waals surface area (Å²) in [5.74, 6) is -1.27. The molecule has 15 heteroatoms. The van der Waals surface area contributed by atoms with E-state index in [0.717, 1.165) is 25.3 Å². The highest BCUT2D eigenvalue weighted by Gasteiger charge is 2.43. The number of carbonyl (C=O) groups is 2. The molecule has 46 heavy (non-hydrogen) atoms. The fraction of sp³-hybridized carbons (Fsp3) is 0.419. The third-order valence-corrected chi connectivity index (χ3v) is 11.9. The van der Waals surface area contributed by atoms with Crippen molar-refractivity contribution in [3.8, 4) is 0 Å². The maximum absolute atomic E-state index is 15.1. The second-order valence-electron chi connectivity index (χ2n) is 12.6. The predicted molar refractivity (Wildman–Crippen MR) is 172 cm³/mol. The molecule has 2 aromatic heterocycles. The molecule has 11 nitrogen and oxygen atoms in total. The molecule has 3 heterocycles.